The Morgan fingerprint density at radius 1 is 0.966 bits per heavy atom. The highest BCUT2D eigenvalue weighted by atomic mass is 79.9. The van der Waals surface area contributed by atoms with Gasteiger partial charge in [-0.3, -0.25) is 4.79 Å². The molecule has 0 saturated heterocycles. The van der Waals surface area contributed by atoms with Gasteiger partial charge in [-0.1, -0.05) is 70.5 Å². The molecule has 0 aliphatic carbocycles. The van der Waals surface area contributed by atoms with Crippen LogP contribution in [0, 0.1) is 0 Å². The topological polar surface area (TPSA) is 40.5 Å². The van der Waals surface area contributed by atoms with Crippen molar-refractivity contribution in [2.24, 2.45) is 0 Å². The molecule has 5 heteroatoms. The molecule has 3 aromatic carbocycles. The first-order valence-corrected chi connectivity index (χ1v) is 11.3. The van der Waals surface area contributed by atoms with Gasteiger partial charge in [0.05, 0.1) is 6.04 Å². The van der Waals surface area contributed by atoms with E-state index in [9.17, 15) is 9.90 Å². The fourth-order valence-electron chi connectivity index (χ4n) is 3.65. The van der Waals surface area contributed by atoms with E-state index in [1.165, 1.54) is 4.90 Å². The van der Waals surface area contributed by atoms with Gasteiger partial charge in [0.25, 0.3) is 5.91 Å². The molecule has 1 N–H and O–H groups in total. The molecule has 0 saturated carbocycles. The van der Waals surface area contributed by atoms with E-state index in [4.69, 9.17) is 0 Å². The van der Waals surface area contributed by atoms with Crippen LogP contribution >= 0.6 is 27.7 Å². The van der Waals surface area contributed by atoms with E-state index < -0.39 is 0 Å². The van der Waals surface area contributed by atoms with E-state index in [2.05, 4.69) is 28.1 Å². The van der Waals surface area contributed by atoms with Crippen LogP contribution in [0.3, 0.4) is 0 Å². The van der Waals surface area contributed by atoms with E-state index in [0.29, 0.717) is 12.1 Å². The number of rotatable bonds is 5. The number of halogens is 1. The van der Waals surface area contributed by atoms with Crippen LogP contribution in [0.4, 0.5) is 0 Å². The third-order valence-electron chi connectivity index (χ3n) is 5.09. The molecule has 1 aliphatic heterocycles. The summed E-state index contributed by atoms with van der Waals surface area (Å²) in [5.41, 5.74) is 3.50. The van der Waals surface area contributed by atoms with Crippen molar-refractivity contribution in [3.8, 4) is 0 Å². The fraction of sp³-hybridized carbons (Fsp3) is 0.125. The van der Waals surface area contributed by atoms with Crippen LogP contribution < -0.4 is 0 Å². The number of hydrogen-bond acceptors (Lipinski definition) is 3. The van der Waals surface area contributed by atoms with Crippen molar-refractivity contribution in [2.45, 2.75) is 17.5 Å². The Hall–Kier alpha value is -2.50. The Kier molecular flexibility index (Phi) is 5.79. The maximum atomic E-state index is 13.1. The predicted molar refractivity (Wildman–Crippen MR) is 122 cm³/mol. The molecule has 4 rings (SSSR count). The monoisotopic (exact) mass is 465 g/mol. The Morgan fingerprint density at radius 3 is 2.24 bits per heavy atom. The molecule has 29 heavy (non-hydrogen) atoms. The predicted octanol–water partition coefficient (Wildman–Crippen LogP) is 6.22. The molecule has 0 fully saturated rings. The maximum Gasteiger partial charge on any atom is 0.290 e. The molecular formula is C24H20BrNO2S. The lowest BCUT2D eigenvalue weighted by Crippen LogP contribution is -2.29. The number of hydrogen-bond donors (Lipinski definition) is 1. The fourth-order valence-corrected chi connectivity index (χ4v) is 4.32. The molecule has 0 spiro atoms. The van der Waals surface area contributed by atoms with E-state index in [1.807, 2.05) is 73.0 Å². The first-order chi connectivity index (χ1) is 14.1. The van der Waals surface area contributed by atoms with Gasteiger partial charge >= 0.3 is 0 Å². The van der Waals surface area contributed by atoms with Gasteiger partial charge in [-0.15, -0.1) is 11.8 Å². The number of aliphatic hydroxyl groups is 1. The van der Waals surface area contributed by atoms with Crippen LogP contribution in [0.15, 0.2) is 94.0 Å². The number of aliphatic hydroxyl groups excluding tert-OH is 1. The molecule has 1 heterocycles. The zero-order valence-corrected chi connectivity index (χ0v) is 18.3. The van der Waals surface area contributed by atoms with Gasteiger partial charge < -0.3 is 10.0 Å². The Bertz CT molecular complexity index is 1050. The molecule has 1 amide bonds. The summed E-state index contributed by atoms with van der Waals surface area (Å²) in [6.45, 7) is 0.425. The van der Waals surface area contributed by atoms with Crippen LogP contribution in [0.25, 0.3) is 5.57 Å². The highest BCUT2D eigenvalue weighted by molar-refractivity contribution is 9.10. The minimum absolute atomic E-state index is 0.176. The molecule has 0 radical (unpaired) electrons. The Labute approximate surface area is 183 Å². The SMILES string of the molecule is CSc1ccc(CN2C(=O)C(O)=C(c3ccccc3)C2c2ccc(Br)cc2)cc1. The quantitative estimate of drug-likeness (QED) is 0.454. The van der Waals surface area contributed by atoms with E-state index in [0.717, 1.165) is 21.2 Å². The highest BCUT2D eigenvalue weighted by Crippen LogP contribution is 2.43. The van der Waals surface area contributed by atoms with Crippen molar-refractivity contribution < 1.29 is 9.90 Å². The van der Waals surface area contributed by atoms with Crippen LogP contribution in [-0.2, 0) is 11.3 Å². The molecule has 146 valence electrons. The third kappa shape index (κ3) is 3.98. The molecule has 3 aromatic rings. The molecule has 1 aliphatic rings. The minimum Gasteiger partial charge on any atom is -0.503 e. The summed E-state index contributed by atoms with van der Waals surface area (Å²) in [6.07, 6.45) is 2.04. The zero-order chi connectivity index (χ0) is 20.4. The van der Waals surface area contributed by atoms with Crippen molar-refractivity contribution in [3.05, 3.63) is 106 Å². The van der Waals surface area contributed by atoms with Gasteiger partial charge in [-0.05, 0) is 47.2 Å². The van der Waals surface area contributed by atoms with Crippen LogP contribution in [-0.4, -0.2) is 22.2 Å². The highest BCUT2D eigenvalue weighted by Gasteiger charge is 2.40. The number of amides is 1. The zero-order valence-electron chi connectivity index (χ0n) is 15.9. The summed E-state index contributed by atoms with van der Waals surface area (Å²) in [7, 11) is 0. The number of carbonyl (C=O) groups is 1. The van der Waals surface area contributed by atoms with Gasteiger partial charge in [0.15, 0.2) is 5.76 Å². The third-order valence-corrected chi connectivity index (χ3v) is 6.36. The standard InChI is InChI=1S/C24H20BrNO2S/c1-29-20-13-7-16(8-14-20)15-26-22(18-9-11-19(25)12-10-18)21(23(27)24(26)28)17-5-3-2-4-6-17/h2-14,22,27H,15H2,1H3. The second kappa shape index (κ2) is 8.47. The second-order valence-electron chi connectivity index (χ2n) is 6.86. The van der Waals surface area contributed by atoms with Gasteiger partial charge in [-0.2, -0.15) is 0 Å². The lowest BCUT2D eigenvalue weighted by molar-refractivity contribution is -0.130. The summed E-state index contributed by atoms with van der Waals surface area (Å²) in [5, 5.41) is 10.8. The van der Waals surface area contributed by atoms with E-state index in [1.54, 1.807) is 16.7 Å². The molecule has 3 nitrogen and oxygen atoms in total. The normalized spacial score (nSPS) is 16.6. The van der Waals surface area contributed by atoms with E-state index >= 15 is 0 Å². The smallest absolute Gasteiger partial charge is 0.290 e. The minimum atomic E-state index is -0.349. The summed E-state index contributed by atoms with van der Waals surface area (Å²) in [6, 6.07) is 25.4. The number of thioether (sulfide) groups is 1. The molecule has 1 atom stereocenters. The average Bonchev–Trinajstić information content (AvgIpc) is 3.00. The van der Waals surface area contributed by atoms with Crippen molar-refractivity contribution in [1.82, 2.24) is 4.90 Å². The molecule has 0 bridgehead atoms. The first-order valence-electron chi connectivity index (χ1n) is 9.26. The second-order valence-corrected chi connectivity index (χ2v) is 8.66. The van der Waals surface area contributed by atoms with E-state index in [-0.39, 0.29) is 17.7 Å². The summed E-state index contributed by atoms with van der Waals surface area (Å²) >= 11 is 5.16. The number of benzene rings is 3. The Balaban J connectivity index is 1.77. The van der Waals surface area contributed by atoms with Gasteiger partial charge in [0.2, 0.25) is 0 Å². The van der Waals surface area contributed by atoms with Crippen molar-refractivity contribution >= 4 is 39.2 Å². The van der Waals surface area contributed by atoms with Gasteiger partial charge in [0, 0.05) is 21.5 Å². The summed E-state index contributed by atoms with van der Waals surface area (Å²) < 4.78 is 0.972. The van der Waals surface area contributed by atoms with Crippen molar-refractivity contribution in [1.29, 1.82) is 0 Å². The first kappa shape index (κ1) is 19.8. The Morgan fingerprint density at radius 2 is 1.62 bits per heavy atom. The lowest BCUT2D eigenvalue weighted by atomic mass is 9.93. The molecular weight excluding hydrogens is 446 g/mol. The number of nitrogens with zero attached hydrogens (tertiary/aromatic N) is 1. The lowest BCUT2D eigenvalue weighted by Gasteiger charge is -2.27. The average molecular weight is 466 g/mol. The van der Waals surface area contributed by atoms with Gasteiger partial charge in [-0.25, -0.2) is 0 Å². The number of carbonyl (C=O) groups excluding carboxylic acids is 1. The van der Waals surface area contributed by atoms with Crippen LogP contribution in [0.5, 0.6) is 0 Å². The van der Waals surface area contributed by atoms with Crippen molar-refractivity contribution in [3.63, 3.8) is 0 Å². The van der Waals surface area contributed by atoms with Crippen molar-refractivity contribution in [2.75, 3.05) is 6.26 Å². The van der Waals surface area contributed by atoms with Crippen LogP contribution in [0.1, 0.15) is 22.7 Å². The van der Waals surface area contributed by atoms with Crippen LogP contribution in [0.2, 0.25) is 0 Å². The molecule has 0 aromatic heterocycles. The summed E-state index contributed by atoms with van der Waals surface area (Å²) in [4.78, 5) is 16.0. The molecule has 1 unspecified atom stereocenters. The van der Waals surface area contributed by atoms with Gasteiger partial charge in [0.1, 0.15) is 0 Å². The summed E-state index contributed by atoms with van der Waals surface area (Å²) in [5.74, 6) is -0.518. The maximum absolute atomic E-state index is 13.1. The largest absolute Gasteiger partial charge is 0.503 e.